The van der Waals surface area contributed by atoms with Crippen LogP contribution in [0.25, 0.3) is 11.6 Å². The molecule has 0 radical (unpaired) electrons. The van der Waals surface area contributed by atoms with E-state index < -0.39 is 0 Å². The fourth-order valence-corrected chi connectivity index (χ4v) is 3.21. The zero-order chi connectivity index (χ0) is 18.8. The van der Waals surface area contributed by atoms with Crippen molar-refractivity contribution in [2.45, 2.75) is 6.10 Å². The van der Waals surface area contributed by atoms with E-state index in [0.29, 0.717) is 0 Å². The normalized spacial score (nSPS) is 15.3. The van der Waals surface area contributed by atoms with E-state index in [2.05, 4.69) is 6.08 Å². The Balaban J connectivity index is 1.82. The van der Waals surface area contributed by atoms with Gasteiger partial charge in [0, 0.05) is 17.2 Å². The molecule has 0 fully saturated rings. The molecule has 4 heteroatoms. The number of phenolic OH excluding ortho intramolecular Hbond substituents is 1. The molecule has 0 amide bonds. The highest BCUT2D eigenvalue weighted by Gasteiger charge is 2.26. The smallest absolute Gasteiger partial charge is 0.149 e. The molecule has 1 aliphatic heterocycles. The monoisotopic (exact) mass is 360 g/mol. The number of rotatable bonds is 4. The molecule has 4 nitrogen and oxygen atoms in total. The van der Waals surface area contributed by atoms with Crippen LogP contribution in [0.1, 0.15) is 22.8 Å². The minimum absolute atomic E-state index is 0.228. The van der Waals surface area contributed by atoms with Crippen LogP contribution in [0, 0.1) is 0 Å². The molecule has 136 valence electrons. The number of benzene rings is 3. The third-order valence-corrected chi connectivity index (χ3v) is 4.68. The molecule has 3 aromatic carbocycles. The van der Waals surface area contributed by atoms with Gasteiger partial charge in [-0.3, -0.25) is 0 Å². The van der Waals surface area contributed by atoms with Crippen molar-refractivity contribution in [2.24, 2.45) is 0 Å². The van der Waals surface area contributed by atoms with Gasteiger partial charge in [0.05, 0.1) is 14.2 Å². The van der Waals surface area contributed by atoms with Crippen molar-refractivity contribution in [1.82, 2.24) is 0 Å². The first-order valence-corrected chi connectivity index (χ1v) is 8.67. The van der Waals surface area contributed by atoms with Gasteiger partial charge in [-0.25, -0.2) is 0 Å². The summed E-state index contributed by atoms with van der Waals surface area (Å²) < 4.78 is 17.0. The van der Waals surface area contributed by atoms with Crippen LogP contribution in [-0.4, -0.2) is 19.3 Å². The second-order valence-electron chi connectivity index (χ2n) is 6.32. The molecule has 0 saturated heterocycles. The molecule has 1 aliphatic rings. The summed E-state index contributed by atoms with van der Waals surface area (Å²) in [5.41, 5.74) is 4.05. The number of fused-ring (bicyclic) bond motifs is 1. The maximum Gasteiger partial charge on any atom is 0.149 e. The first kappa shape index (κ1) is 17.0. The Bertz CT molecular complexity index is 972. The van der Waals surface area contributed by atoms with Crippen molar-refractivity contribution in [1.29, 1.82) is 0 Å². The molecular formula is C23H20O4. The van der Waals surface area contributed by atoms with Crippen LogP contribution in [0.3, 0.4) is 0 Å². The van der Waals surface area contributed by atoms with Gasteiger partial charge in [-0.05, 0) is 53.6 Å². The summed E-state index contributed by atoms with van der Waals surface area (Å²) >= 11 is 0. The van der Waals surface area contributed by atoms with Gasteiger partial charge in [0.1, 0.15) is 29.1 Å². The van der Waals surface area contributed by atoms with Gasteiger partial charge in [0.2, 0.25) is 0 Å². The average molecular weight is 360 g/mol. The highest BCUT2D eigenvalue weighted by atomic mass is 16.5. The van der Waals surface area contributed by atoms with E-state index in [0.717, 1.165) is 39.5 Å². The number of aromatic hydroxyl groups is 1. The highest BCUT2D eigenvalue weighted by Crippen LogP contribution is 2.43. The zero-order valence-electron chi connectivity index (χ0n) is 15.2. The maximum absolute atomic E-state index is 9.64. The van der Waals surface area contributed by atoms with Crippen molar-refractivity contribution in [3.63, 3.8) is 0 Å². The van der Waals surface area contributed by atoms with Crippen molar-refractivity contribution >= 4 is 11.6 Å². The Morgan fingerprint density at radius 1 is 0.815 bits per heavy atom. The number of ether oxygens (including phenoxy) is 3. The molecule has 0 bridgehead atoms. The Hall–Kier alpha value is -3.40. The molecule has 0 spiro atoms. The minimum atomic E-state index is -0.293. The first-order valence-electron chi connectivity index (χ1n) is 8.67. The van der Waals surface area contributed by atoms with Crippen LogP contribution in [0.15, 0.2) is 66.7 Å². The molecule has 0 aromatic heterocycles. The fourth-order valence-electron chi connectivity index (χ4n) is 3.21. The SMILES string of the molecule is COc1ccc(C2=Cc3ccc(OC)cc3OC2c2ccc(O)cc2)cc1. The quantitative estimate of drug-likeness (QED) is 0.704. The van der Waals surface area contributed by atoms with Crippen molar-refractivity contribution < 1.29 is 19.3 Å². The average Bonchev–Trinajstić information content (AvgIpc) is 2.73. The Morgan fingerprint density at radius 3 is 2.15 bits per heavy atom. The molecule has 27 heavy (non-hydrogen) atoms. The van der Waals surface area contributed by atoms with E-state index in [9.17, 15) is 5.11 Å². The molecular weight excluding hydrogens is 340 g/mol. The van der Waals surface area contributed by atoms with Crippen molar-refractivity contribution in [2.75, 3.05) is 14.2 Å². The van der Waals surface area contributed by atoms with Gasteiger partial charge in [0.25, 0.3) is 0 Å². The molecule has 1 atom stereocenters. The van der Waals surface area contributed by atoms with E-state index in [1.165, 1.54) is 0 Å². The summed E-state index contributed by atoms with van der Waals surface area (Å²) in [4.78, 5) is 0. The minimum Gasteiger partial charge on any atom is -0.508 e. The number of hydrogen-bond donors (Lipinski definition) is 1. The number of methoxy groups -OCH3 is 2. The largest absolute Gasteiger partial charge is 0.508 e. The van der Waals surface area contributed by atoms with E-state index in [-0.39, 0.29) is 11.9 Å². The van der Waals surface area contributed by atoms with E-state index in [1.807, 2.05) is 54.6 Å². The predicted molar refractivity (Wildman–Crippen MR) is 105 cm³/mol. The molecule has 1 unspecified atom stereocenters. The van der Waals surface area contributed by atoms with Gasteiger partial charge < -0.3 is 19.3 Å². The van der Waals surface area contributed by atoms with E-state index in [4.69, 9.17) is 14.2 Å². The topological polar surface area (TPSA) is 47.9 Å². The summed E-state index contributed by atoms with van der Waals surface area (Å²) in [5.74, 6) is 2.55. The fraction of sp³-hybridized carbons (Fsp3) is 0.130. The maximum atomic E-state index is 9.64. The van der Waals surface area contributed by atoms with Crippen LogP contribution in [-0.2, 0) is 0 Å². The lowest BCUT2D eigenvalue weighted by Crippen LogP contribution is -2.14. The van der Waals surface area contributed by atoms with Crippen LogP contribution in [0.2, 0.25) is 0 Å². The third-order valence-electron chi connectivity index (χ3n) is 4.68. The summed E-state index contributed by atoms with van der Waals surface area (Å²) in [6, 6.07) is 20.8. The predicted octanol–water partition coefficient (Wildman–Crippen LogP) is 5.08. The number of phenols is 1. The Labute approximate surface area is 158 Å². The molecule has 3 aromatic rings. The summed E-state index contributed by atoms with van der Waals surface area (Å²) in [6.45, 7) is 0. The van der Waals surface area contributed by atoms with Crippen LogP contribution in [0.5, 0.6) is 23.0 Å². The summed E-state index contributed by atoms with van der Waals surface area (Å²) in [7, 11) is 3.29. The highest BCUT2D eigenvalue weighted by molar-refractivity contribution is 5.88. The van der Waals surface area contributed by atoms with E-state index >= 15 is 0 Å². The van der Waals surface area contributed by atoms with Crippen LogP contribution >= 0.6 is 0 Å². The molecule has 0 aliphatic carbocycles. The zero-order valence-corrected chi connectivity index (χ0v) is 15.2. The third kappa shape index (κ3) is 3.34. The van der Waals surface area contributed by atoms with Crippen LogP contribution in [0.4, 0.5) is 0 Å². The standard InChI is InChI=1S/C23H20O4/c1-25-19-10-5-15(6-11-19)21-13-17-7-12-20(26-2)14-22(17)27-23(21)16-3-8-18(24)9-4-16/h3-14,23-24H,1-2H3. The van der Waals surface area contributed by atoms with Gasteiger partial charge in [-0.15, -0.1) is 0 Å². The second kappa shape index (κ2) is 7.08. The van der Waals surface area contributed by atoms with Gasteiger partial charge in [0.15, 0.2) is 0 Å². The summed E-state index contributed by atoms with van der Waals surface area (Å²) in [6.07, 6.45) is 1.84. The van der Waals surface area contributed by atoms with Gasteiger partial charge >= 0.3 is 0 Å². The first-order chi connectivity index (χ1) is 13.2. The Kier molecular flexibility index (Phi) is 4.47. The van der Waals surface area contributed by atoms with E-state index in [1.54, 1.807) is 26.4 Å². The van der Waals surface area contributed by atoms with Gasteiger partial charge in [-0.2, -0.15) is 0 Å². The molecule has 1 N–H and O–H groups in total. The lowest BCUT2D eigenvalue weighted by molar-refractivity contribution is 0.259. The van der Waals surface area contributed by atoms with Crippen molar-refractivity contribution in [3.8, 4) is 23.0 Å². The lowest BCUT2D eigenvalue weighted by Gasteiger charge is -2.28. The van der Waals surface area contributed by atoms with Gasteiger partial charge in [-0.1, -0.05) is 24.3 Å². The summed E-state index contributed by atoms with van der Waals surface area (Å²) in [5, 5.41) is 9.64. The lowest BCUT2D eigenvalue weighted by atomic mass is 9.91. The molecule has 0 saturated carbocycles. The Morgan fingerprint density at radius 2 is 1.48 bits per heavy atom. The second-order valence-corrected chi connectivity index (χ2v) is 6.32. The number of hydrogen-bond acceptors (Lipinski definition) is 4. The molecule has 4 rings (SSSR count). The van der Waals surface area contributed by atoms with Crippen LogP contribution < -0.4 is 14.2 Å². The van der Waals surface area contributed by atoms with Crippen molar-refractivity contribution in [3.05, 3.63) is 83.4 Å². The molecule has 1 heterocycles.